The number of rotatable bonds is 4. The summed E-state index contributed by atoms with van der Waals surface area (Å²) in [5.41, 5.74) is 3.53. The molecule has 1 heterocycles. The summed E-state index contributed by atoms with van der Waals surface area (Å²) in [7, 11) is 1.57. The van der Waals surface area contributed by atoms with Crippen molar-refractivity contribution in [2.75, 3.05) is 12.4 Å². The molecule has 5 nitrogen and oxygen atoms in total. The molecule has 1 amide bonds. The van der Waals surface area contributed by atoms with Crippen LogP contribution < -0.4 is 10.1 Å². The van der Waals surface area contributed by atoms with E-state index in [0.29, 0.717) is 22.9 Å². The van der Waals surface area contributed by atoms with Gasteiger partial charge in [-0.3, -0.25) is 4.79 Å². The number of nitrogens with one attached hydrogen (secondary N) is 1. The van der Waals surface area contributed by atoms with Crippen LogP contribution in [0, 0.1) is 0 Å². The minimum absolute atomic E-state index is 0.213. The number of benzene rings is 4. The Bertz CT molecular complexity index is 1390. The molecule has 5 rings (SSSR count). The van der Waals surface area contributed by atoms with Gasteiger partial charge < -0.3 is 14.5 Å². The number of fused-ring (bicyclic) bond motifs is 3. The van der Waals surface area contributed by atoms with Crippen molar-refractivity contribution in [1.82, 2.24) is 4.98 Å². The van der Waals surface area contributed by atoms with E-state index in [0.717, 1.165) is 27.4 Å². The van der Waals surface area contributed by atoms with E-state index in [4.69, 9.17) is 14.1 Å². The molecule has 1 N–H and O–H groups in total. The summed E-state index contributed by atoms with van der Waals surface area (Å²) in [5, 5.41) is 5.08. The van der Waals surface area contributed by atoms with Crippen LogP contribution in [0.15, 0.2) is 89.3 Å². The SMILES string of the molecule is COc1cccc(C(=O)Nc2cccc(-c3nc4c(ccc5ccccc54)o3)c2)c1. The lowest BCUT2D eigenvalue weighted by Gasteiger charge is -2.07. The number of nitrogens with zero attached hydrogens (tertiary/aromatic N) is 1. The molecule has 0 aliphatic heterocycles. The molecule has 5 heteroatoms. The first-order chi connectivity index (χ1) is 14.7. The highest BCUT2D eigenvalue weighted by Crippen LogP contribution is 2.30. The van der Waals surface area contributed by atoms with Crippen LogP contribution in [0.5, 0.6) is 5.75 Å². The van der Waals surface area contributed by atoms with E-state index < -0.39 is 0 Å². The number of carbonyl (C=O) groups is 1. The van der Waals surface area contributed by atoms with Crippen molar-refractivity contribution in [1.29, 1.82) is 0 Å². The summed E-state index contributed by atoms with van der Waals surface area (Å²) < 4.78 is 11.2. The van der Waals surface area contributed by atoms with Gasteiger partial charge >= 0.3 is 0 Å². The van der Waals surface area contributed by atoms with E-state index in [-0.39, 0.29) is 5.91 Å². The molecule has 0 saturated carbocycles. The van der Waals surface area contributed by atoms with Crippen LogP contribution in [0.25, 0.3) is 33.3 Å². The van der Waals surface area contributed by atoms with Gasteiger partial charge in [-0.25, -0.2) is 4.98 Å². The average Bonchev–Trinajstić information content (AvgIpc) is 3.24. The van der Waals surface area contributed by atoms with Gasteiger partial charge in [0, 0.05) is 22.2 Å². The number of carbonyl (C=O) groups excluding carboxylic acids is 1. The normalized spacial score (nSPS) is 11.0. The van der Waals surface area contributed by atoms with Gasteiger partial charge in [0.1, 0.15) is 11.3 Å². The predicted molar refractivity (Wildman–Crippen MR) is 118 cm³/mol. The fraction of sp³-hybridized carbons (Fsp3) is 0.0400. The second kappa shape index (κ2) is 7.37. The summed E-state index contributed by atoms with van der Waals surface area (Å²) in [6.45, 7) is 0. The van der Waals surface area contributed by atoms with Crippen molar-refractivity contribution >= 4 is 33.5 Å². The number of oxazole rings is 1. The molecular weight excluding hydrogens is 376 g/mol. The first-order valence-electron chi connectivity index (χ1n) is 9.55. The molecule has 0 aliphatic rings. The van der Waals surface area contributed by atoms with E-state index >= 15 is 0 Å². The standard InChI is InChI=1S/C25H18N2O3/c1-29-20-10-5-7-17(15-20)24(28)26-19-9-4-8-18(14-19)25-27-23-21-11-3-2-6-16(21)12-13-22(23)30-25/h2-15H,1H3,(H,26,28). The monoisotopic (exact) mass is 394 g/mol. The highest BCUT2D eigenvalue weighted by molar-refractivity contribution is 6.05. The molecule has 5 aromatic rings. The Morgan fingerprint density at radius 2 is 1.80 bits per heavy atom. The molecule has 0 radical (unpaired) electrons. The molecular formula is C25H18N2O3. The van der Waals surface area contributed by atoms with E-state index in [1.807, 2.05) is 54.6 Å². The molecule has 0 spiro atoms. The van der Waals surface area contributed by atoms with Crippen LogP contribution in [0.3, 0.4) is 0 Å². The first-order valence-corrected chi connectivity index (χ1v) is 9.55. The second-order valence-electron chi connectivity index (χ2n) is 6.92. The molecule has 4 aromatic carbocycles. The minimum Gasteiger partial charge on any atom is -0.497 e. The highest BCUT2D eigenvalue weighted by atomic mass is 16.5. The summed E-state index contributed by atoms with van der Waals surface area (Å²) in [6.07, 6.45) is 0. The number of ether oxygens (including phenoxy) is 1. The Morgan fingerprint density at radius 1 is 0.933 bits per heavy atom. The Balaban J connectivity index is 1.47. The molecule has 30 heavy (non-hydrogen) atoms. The molecule has 0 aliphatic carbocycles. The number of methoxy groups -OCH3 is 1. The first kappa shape index (κ1) is 17.9. The smallest absolute Gasteiger partial charge is 0.255 e. The van der Waals surface area contributed by atoms with E-state index in [1.54, 1.807) is 31.4 Å². The number of anilines is 1. The maximum absolute atomic E-state index is 12.6. The summed E-state index contributed by atoms with van der Waals surface area (Å²) in [5.74, 6) is 0.934. The van der Waals surface area contributed by atoms with E-state index in [1.165, 1.54) is 0 Å². The maximum atomic E-state index is 12.6. The van der Waals surface area contributed by atoms with Crippen molar-refractivity contribution in [2.45, 2.75) is 0 Å². The van der Waals surface area contributed by atoms with Gasteiger partial charge in [0.25, 0.3) is 5.91 Å². The Labute approximate surface area is 172 Å². The van der Waals surface area contributed by atoms with Gasteiger partial charge in [0.15, 0.2) is 5.58 Å². The van der Waals surface area contributed by atoms with E-state index in [9.17, 15) is 4.79 Å². The van der Waals surface area contributed by atoms with Crippen LogP contribution in [-0.4, -0.2) is 18.0 Å². The summed E-state index contributed by atoms with van der Waals surface area (Å²) in [6, 6.07) is 26.5. The number of hydrogen-bond acceptors (Lipinski definition) is 4. The van der Waals surface area contributed by atoms with Crippen molar-refractivity contribution in [3.8, 4) is 17.2 Å². The van der Waals surface area contributed by atoms with Crippen molar-refractivity contribution < 1.29 is 13.9 Å². The third kappa shape index (κ3) is 3.26. The average molecular weight is 394 g/mol. The fourth-order valence-electron chi connectivity index (χ4n) is 3.48. The lowest BCUT2D eigenvalue weighted by Crippen LogP contribution is -2.11. The Kier molecular flexibility index (Phi) is 4.41. The number of aromatic nitrogens is 1. The molecule has 0 saturated heterocycles. The van der Waals surface area contributed by atoms with Gasteiger partial charge in [0.2, 0.25) is 5.89 Å². The zero-order valence-electron chi connectivity index (χ0n) is 16.3. The molecule has 0 atom stereocenters. The lowest BCUT2D eigenvalue weighted by molar-refractivity contribution is 0.102. The third-order valence-corrected chi connectivity index (χ3v) is 4.98. The van der Waals surface area contributed by atoms with Gasteiger partial charge in [-0.05, 0) is 47.9 Å². The van der Waals surface area contributed by atoms with Crippen LogP contribution >= 0.6 is 0 Å². The van der Waals surface area contributed by atoms with Crippen molar-refractivity contribution in [2.24, 2.45) is 0 Å². The highest BCUT2D eigenvalue weighted by Gasteiger charge is 2.13. The lowest BCUT2D eigenvalue weighted by atomic mass is 10.1. The van der Waals surface area contributed by atoms with Crippen LogP contribution in [0.2, 0.25) is 0 Å². The minimum atomic E-state index is -0.213. The van der Waals surface area contributed by atoms with Crippen LogP contribution in [0.4, 0.5) is 5.69 Å². The Morgan fingerprint density at radius 3 is 2.70 bits per heavy atom. The fourth-order valence-corrected chi connectivity index (χ4v) is 3.48. The number of hydrogen-bond donors (Lipinski definition) is 1. The maximum Gasteiger partial charge on any atom is 0.255 e. The molecule has 0 fully saturated rings. The molecule has 146 valence electrons. The predicted octanol–water partition coefficient (Wildman–Crippen LogP) is 5.91. The quantitative estimate of drug-likeness (QED) is 0.412. The molecule has 0 bridgehead atoms. The molecule has 0 unspecified atom stereocenters. The third-order valence-electron chi connectivity index (χ3n) is 4.98. The zero-order chi connectivity index (χ0) is 20.5. The van der Waals surface area contributed by atoms with Gasteiger partial charge in [0.05, 0.1) is 7.11 Å². The van der Waals surface area contributed by atoms with Gasteiger partial charge in [-0.1, -0.05) is 42.5 Å². The largest absolute Gasteiger partial charge is 0.497 e. The van der Waals surface area contributed by atoms with Crippen LogP contribution in [-0.2, 0) is 0 Å². The topological polar surface area (TPSA) is 64.4 Å². The van der Waals surface area contributed by atoms with Crippen molar-refractivity contribution in [3.63, 3.8) is 0 Å². The Hall–Kier alpha value is -4.12. The number of amides is 1. The zero-order valence-corrected chi connectivity index (χ0v) is 16.3. The van der Waals surface area contributed by atoms with Gasteiger partial charge in [-0.2, -0.15) is 0 Å². The molecule has 1 aromatic heterocycles. The van der Waals surface area contributed by atoms with Gasteiger partial charge in [-0.15, -0.1) is 0 Å². The van der Waals surface area contributed by atoms with Crippen LogP contribution in [0.1, 0.15) is 10.4 Å². The van der Waals surface area contributed by atoms with Crippen molar-refractivity contribution in [3.05, 3.63) is 90.5 Å². The summed E-state index contributed by atoms with van der Waals surface area (Å²) >= 11 is 0. The second-order valence-corrected chi connectivity index (χ2v) is 6.92. The summed E-state index contributed by atoms with van der Waals surface area (Å²) in [4.78, 5) is 17.3. The van der Waals surface area contributed by atoms with E-state index in [2.05, 4.69) is 11.4 Å².